The van der Waals surface area contributed by atoms with Gasteiger partial charge in [-0.2, -0.15) is 5.10 Å². The van der Waals surface area contributed by atoms with Gasteiger partial charge in [-0.1, -0.05) is 53.7 Å². The highest BCUT2D eigenvalue weighted by atomic mass is 35.5. The molecule has 3 nitrogen and oxygen atoms in total. The number of halogens is 1. The van der Waals surface area contributed by atoms with Gasteiger partial charge in [-0.25, -0.2) is 4.99 Å². The van der Waals surface area contributed by atoms with Gasteiger partial charge in [-0.05, 0) is 24.5 Å². The molecule has 3 rings (SSSR count). The summed E-state index contributed by atoms with van der Waals surface area (Å²) in [5.41, 5.74) is 6.67. The van der Waals surface area contributed by atoms with Gasteiger partial charge in [0.15, 0.2) is 5.17 Å². The zero-order chi connectivity index (χ0) is 13.9. The van der Waals surface area contributed by atoms with E-state index in [0.29, 0.717) is 5.02 Å². The van der Waals surface area contributed by atoms with Crippen molar-refractivity contribution in [3.05, 3.63) is 64.7 Å². The Morgan fingerprint density at radius 2 is 1.90 bits per heavy atom. The lowest BCUT2D eigenvalue weighted by atomic mass is 10.0. The minimum absolute atomic E-state index is 0.676. The Balaban J connectivity index is 2.19. The molecule has 0 spiro atoms. The highest BCUT2D eigenvalue weighted by molar-refractivity contribution is 8.13. The topological polar surface area (TPSA) is 36.8 Å². The average Bonchev–Trinajstić information content (AvgIpc) is 2.67. The van der Waals surface area contributed by atoms with Crippen molar-refractivity contribution < 1.29 is 0 Å². The molecule has 0 saturated heterocycles. The number of aliphatic imine (C=N–C) groups is 1. The summed E-state index contributed by atoms with van der Waals surface area (Å²) in [5.74, 6) is 0. The molecule has 0 radical (unpaired) electrons. The van der Waals surface area contributed by atoms with Gasteiger partial charge < -0.3 is 0 Å². The lowest BCUT2D eigenvalue weighted by molar-refractivity contribution is 1.05. The molecule has 5 heteroatoms. The van der Waals surface area contributed by atoms with Crippen LogP contribution in [0.1, 0.15) is 11.1 Å². The van der Waals surface area contributed by atoms with Crippen LogP contribution in [0.5, 0.6) is 0 Å². The number of hydrogen-bond donors (Lipinski definition) is 1. The van der Waals surface area contributed by atoms with E-state index in [9.17, 15) is 0 Å². The van der Waals surface area contributed by atoms with Crippen molar-refractivity contribution >= 4 is 39.9 Å². The zero-order valence-corrected chi connectivity index (χ0v) is 12.4. The van der Waals surface area contributed by atoms with E-state index in [-0.39, 0.29) is 0 Å². The van der Waals surface area contributed by atoms with Crippen molar-refractivity contribution in [1.29, 1.82) is 0 Å². The standard InChI is InChI=1S/C15H12ClN3S/c1-20-15-17-13-8-7-11(16)9-12(13)14(18-19-15)10-5-3-2-4-6-10/h2-9H,1H3,(H,17,19). The second-order valence-electron chi connectivity index (χ2n) is 4.22. The van der Waals surface area contributed by atoms with Crippen molar-refractivity contribution in [3.8, 4) is 0 Å². The second kappa shape index (κ2) is 5.69. The smallest absolute Gasteiger partial charge is 0.182 e. The minimum Gasteiger partial charge on any atom is -0.255 e. The average molecular weight is 302 g/mol. The molecule has 100 valence electrons. The molecule has 0 saturated carbocycles. The van der Waals surface area contributed by atoms with Crippen LogP contribution in [0.25, 0.3) is 0 Å². The molecule has 1 heterocycles. The van der Waals surface area contributed by atoms with Crippen LogP contribution in [-0.4, -0.2) is 17.1 Å². The number of benzene rings is 2. The van der Waals surface area contributed by atoms with Gasteiger partial charge in [-0.3, -0.25) is 5.43 Å². The maximum atomic E-state index is 6.12. The normalized spacial score (nSPS) is 13.7. The molecule has 0 unspecified atom stereocenters. The molecule has 1 aliphatic heterocycles. The van der Waals surface area contributed by atoms with Crippen LogP contribution in [0.3, 0.4) is 0 Å². The fraction of sp³-hybridized carbons (Fsp3) is 0.0667. The van der Waals surface area contributed by atoms with E-state index in [1.165, 1.54) is 11.8 Å². The summed E-state index contributed by atoms with van der Waals surface area (Å²) in [6.07, 6.45) is 1.96. The monoisotopic (exact) mass is 301 g/mol. The zero-order valence-electron chi connectivity index (χ0n) is 10.8. The lowest BCUT2D eigenvalue weighted by Gasteiger charge is -2.07. The van der Waals surface area contributed by atoms with Crippen LogP contribution < -0.4 is 5.43 Å². The molecule has 0 fully saturated rings. The van der Waals surface area contributed by atoms with E-state index in [1.54, 1.807) is 0 Å². The quantitative estimate of drug-likeness (QED) is 0.863. The fourth-order valence-corrected chi connectivity index (χ4v) is 2.50. The Bertz CT molecular complexity index is 696. The minimum atomic E-state index is 0.676. The molecular weight excluding hydrogens is 290 g/mol. The highest BCUT2D eigenvalue weighted by Crippen LogP contribution is 2.28. The van der Waals surface area contributed by atoms with Crippen LogP contribution in [0.2, 0.25) is 5.02 Å². The van der Waals surface area contributed by atoms with Gasteiger partial charge in [0.1, 0.15) is 5.71 Å². The summed E-state index contributed by atoms with van der Waals surface area (Å²) in [7, 11) is 0. The van der Waals surface area contributed by atoms with E-state index >= 15 is 0 Å². The number of thioether (sulfide) groups is 1. The van der Waals surface area contributed by atoms with Crippen molar-refractivity contribution in [3.63, 3.8) is 0 Å². The number of nitrogens with zero attached hydrogens (tertiary/aromatic N) is 2. The van der Waals surface area contributed by atoms with Crippen LogP contribution in [0, 0.1) is 0 Å². The van der Waals surface area contributed by atoms with Gasteiger partial charge in [0.25, 0.3) is 0 Å². The van der Waals surface area contributed by atoms with Crippen molar-refractivity contribution in [2.75, 3.05) is 6.26 Å². The van der Waals surface area contributed by atoms with Crippen molar-refractivity contribution in [2.24, 2.45) is 10.1 Å². The summed E-state index contributed by atoms with van der Waals surface area (Å²) in [5, 5.41) is 5.92. The number of hydrogen-bond acceptors (Lipinski definition) is 4. The SMILES string of the molecule is CSC1=Nc2ccc(Cl)cc2C(c2ccccc2)=NN1. The van der Waals surface area contributed by atoms with Crippen LogP contribution in [0.15, 0.2) is 58.6 Å². The predicted molar refractivity (Wildman–Crippen MR) is 87.3 cm³/mol. The largest absolute Gasteiger partial charge is 0.255 e. The Kier molecular flexibility index (Phi) is 3.76. The summed E-state index contributed by atoms with van der Waals surface area (Å²) < 4.78 is 0. The van der Waals surface area contributed by atoms with Crippen LogP contribution in [0.4, 0.5) is 5.69 Å². The van der Waals surface area contributed by atoms with E-state index < -0.39 is 0 Å². The predicted octanol–water partition coefficient (Wildman–Crippen LogP) is 4.05. The molecule has 0 aliphatic carbocycles. The van der Waals surface area contributed by atoms with Gasteiger partial charge >= 0.3 is 0 Å². The summed E-state index contributed by atoms with van der Waals surface area (Å²) in [6.45, 7) is 0. The number of fused-ring (bicyclic) bond motifs is 1. The Labute approximate surface area is 126 Å². The van der Waals surface area contributed by atoms with Gasteiger partial charge in [0.2, 0.25) is 0 Å². The number of nitrogens with one attached hydrogen (secondary N) is 1. The molecule has 1 aliphatic rings. The molecule has 0 aromatic heterocycles. The molecule has 0 bridgehead atoms. The number of rotatable bonds is 1. The molecule has 20 heavy (non-hydrogen) atoms. The third-order valence-corrected chi connectivity index (χ3v) is 3.74. The fourth-order valence-electron chi connectivity index (χ4n) is 2.00. The van der Waals surface area contributed by atoms with Crippen LogP contribution >= 0.6 is 23.4 Å². The van der Waals surface area contributed by atoms with E-state index in [0.717, 1.165) is 27.7 Å². The summed E-state index contributed by atoms with van der Waals surface area (Å²) in [4.78, 5) is 4.57. The maximum absolute atomic E-state index is 6.12. The number of amidine groups is 1. The first-order valence-corrected chi connectivity index (χ1v) is 7.70. The van der Waals surface area contributed by atoms with Gasteiger partial charge in [0.05, 0.1) is 5.69 Å². The molecular formula is C15H12ClN3S. The molecule has 0 amide bonds. The molecule has 2 aromatic rings. The summed E-state index contributed by atoms with van der Waals surface area (Å²) >= 11 is 7.65. The maximum Gasteiger partial charge on any atom is 0.182 e. The third kappa shape index (κ3) is 2.57. The molecule has 0 atom stereocenters. The van der Waals surface area contributed by atoms with Gasteiger partial charge in [-0.15, -0.1) is 0 Å². The summed E-state index contributed by atoms with van der Waals surface area (Å²) in [6, 6.07) is 15.7. The second-order valence-corrected chi connectivity index (χ2v) is 5.45. The van der Waals surface area contributed by atoms with Crippen molar-refractivity contribution in [1.82, 2.24) is 5.43 Å². The molecule has 1 N–H and O–H groups in total. The Morgan fingerprint density at radius 3 is 2.65 bits per heavy atom. The van der Waals surface area contributed by atoms with Gasteiger partial charge in [0, 0.05) is 16.1 Å². The van der Waals surface area contributed by atoms with Crippen LogP contribution in [-0.2, 0) is 0 Å². The first-order valence-electron chi connectivity index (χ1n) is 6.09. The Morgan fingerprint density at radius 1 is 1.10 bits per heavy atom. The van der Waals surface area contributed by atoms with E-state index in [1.807, 2.05) is 54.8 Å². The molecule has 2 aromatic carbocycles. The lowest BCUT2D eigenvalue weighted by Crippen LogP contribution is -2.14. The van der Waals surface area contributed by atoms with Crippen molar-refractivity contribution in [2.45, 2.75) is 0 Å². The number of hydrazone groups is 1. The third-order valence-electron chi connectivity index (χ3n) is 2.94. The highest BCUT2D eigenvalue weighted by Gasteiger charge is 2.16. The Hall–Kier alpha value is -1.78. The first kappa shape index (κ1) is 13.2. The first-order chi connectivity index (χ1) is 9.78. The van der Waals surface area contributed by atoms with E-state index in [4.69, 9.17) is 11.6 Å². The van der Waals surface area contributed by atoms with E-state index in [2.05, 4.69) is 15.5 Å².